The van der Waals surface area contributed by atoms with Crippen molar-refractivity contribution in [1.29, 1.82) is 0 Å². The van der Waals surface area contributed by atoms with Crippen LogP contribution in [-0.4, -0.2) is 28.4 Å². The number of aliphatic hydroxyl groups is 1. The monoisotopic (exact) mass is 267 g/mol. The van der Waals surface area contributed by atoms with Crippen LogP contribution in [0.5, 0.6) is 0 Å². The van der Waals surface area contributed by atoms with Crippen LogP contribution in [0.1, 0.15) is 49.2 Å². The molecule has 1 fully saturated rings. The van der Waals surface area contributed by atoms with Crippen LogP contribution in [0.2, 0.25) is 0 Å². The molecular formula is C13H21N3O3. The Bertz CT molecular complexity index is 446. The van der Waals surface area contributed by atoms with E-state index in [1.54, 1.807) is 0 Å². The van der Waals surface area contributed by atoms with E-state index in [1.807, 2.05) is 20.8 Å². The third kappa shape index (κ3) is 3.07. The largest absolute Gasteiger partial charge is 0.388 e. The molecule has 0 radical (unpaired) electrons. The first kappa shape index (κ1) is 13.9. The SMILES string of the molecule is Cc1noc(C)c1C(C)NC(=O)NCC1(O)CCC1. The van der Waals surface area contributed by atoms with Crippen LogP contribution in [0.3, 0.4) is 0 Å². The van der Waals surface area contributed by atoms with Crippen molar-refractivity contribution < 1.29 is 14.4 Å². The van der Waals surface area contributed by atoms with Gasteiger partial charge < -0.3 is 20.3 Å². The van der Waals surface area contributed by atoms with Gasteiger partial charge in [0, 0.05) is 12.1 Å². The zero-order valence-corrected chi connectivity index (χ0v) is 11.6. The van der Waals surface area contributed by atoms with E-state index >= 15 is 0 Å². The van der Waals surface area contributed by atoms with Gasteiger partial charge >= 0.3 is 6.03 Å². The number of aryl methyl sites for hydroxylation is 2. The van der Waals surface area contributed by atoms with E-state index in [0.717, 1.165) is 30.5 Å². The van der Waals surface area contributed by atoms with Crippen molar-refractivity contribution in [2.24, 2.45) is 0 Å². The number of nitrogens with one attached hydrogen (secondary N) is 2. The highest BCUT2D eigenvalue weighted by atomic mass is 16.5. The maximum Gasteiger partial charge on any atom is 0.315 e. The lowest BCUT2D eigenvalue weighted by molar-refractivity contribution is -0.0290. The Hall–Kier alpha value is -1.56. The van der Waals surface area contributed by atoms with Crippen LogP contribution in [-0.2, 0) is 0 Å². The van der Waals surface area contributed by atoms with Crippen LogP contribution in [0.25, 0.3) is 0 Å². The zero-order chi connectivity index (χ0) is 14.0. The molecule has 1 aromatic rings. The van der Waals surface area contributed by atoms with Crippen LogP contribution >= 0.6 is 0 Å². The summed E-state index contributed by atoms with van der Waals surface area (Å²) in [4.78, 5) is 11.8. The lowest BCUT2D eigenvalue weighted by Gasteiger charge is -2.36. The molecule has 6 nitrogen and oxygen atoms in total. The molecule has 1 heterocycles. The van der Waals surface area contributed by atoms with E-state index in [4.69, 9.17) is 4.52 Å². The fourth-order valence-corrected chi connectivity index (χ4v) is 2.43. The minimum atomic E-state index is -0.705. The van der Waals surface area contributed by atoms with Crippen molar-refractivity contribution >= 4 is 6.03 Å². The number of hydrogen-bond acceptors (Lipinski definition) is 4. The van der Waals surface area contributed by atoms with Gasteiger partial charge in [-0.3, -0.25) is 0 Å². The van der Waals surface area contributed by atoms with Crippen LogP contribution in [0.4, 0.5) is 4.79 Å². The summed E-state index contributed by atoms with van der Waals surface area (Å²) in [5.74, 6) is 0.711. The summed E-state index contributed by atoms with van der Waals surface area (Å²) in [6.45, 7) is 5.85. The molecule has 1 aromatic heterocycles. The van der Waals surface area contributed by atoms with E-state index in [2.05, 4.69) is 15.8 Å². The number of aromatic nitrogens is 1. The molecule has 1 saturated carbocycles. The number of rotatable bonds is 4. The highest BCUT2D eigenvalue weighted by molar-refractivity contribution is 5.74. The minimum absolute atomic E-state index is 0.178. The molecule has 0 bridgehead atoms. The molecule has 2 rings (SSSR count). The summed E-state index contributed by atoms with van der Waals surface area (Å²) < 4.78 is 5.08. The van der Waals surface area contributed by atoms with Gasteiger partial charge in [-0.1, -0.05) is 5.16 Å². The number of carbonyl (C=O) groups excluding carboxylic acids is 1. The number of hydrogen-bond donors (Lipinski definition) is 3. The van der Waals surface area contributed by atoms with Crippen molar-refractivity contribution in [3.05, 3.63) is 17.0 Å². The summed E-state index contributed by atoms with van der Waals surface area (Å²) in [5, 5.41) is 19.3. The molecule has 106 valence electrons. The summed E-state index contributed by atoms with van der Waals surface area (Å²) >= 11 is 0. The Morgan fingerprint density at radius 2 is 2.21 bits per heavy atom. The van der Waals surface area contributed by atoms with E-state index < -0.39 is 5.60 Å². The average molecular weight is 267 g/mol. The minimum Gasteiger partial charge on any atom is -0.388 e. The molecule has 6 heteroatoms. The molecule has 3 N–H and O–H groups in total. The van der Waals surface area contributed by atoms with Gasteiger partial charge in [0.15, 0.2) is 0 Å². The van der Waals surface area contributed by atoms with Gasteiger partial charge in [-0.25, -0.2) is 4.79 Å². The normalized spacial score (nSPS) is 18.5. The van der Waals surface area contributed by atoms with Crippen molar-refractivity contribution in [3.8, 4) is 0 Å². The second kappa shape index (κ2) is 5.21. The van der Waals surface area contributed by atoms with Gasteiger partial charge in [0.2, 0.25) is 0 Å². The molecule has 0 saturated heterocycles. The fourth-order valence-electron chi connectivity index (χ4n) is 2.43. The predicted molar refractivity (Wildman–Crippen MR) is 69.7 cm³/mol. The molecule has 1 atom stereocenters. The van der Waals surface area contributed by atoms with Crippen LogP contribution in [0.15, 0.2) is 4.52 Å². The first-order valence-corrected chi connectivity index (χ1v) is 6.61. The number of amides is 2. The Labute approximate surface area is 112 Å². The molecule has 1 aliphatic rings. The first-order chi connectivity index (χ1) is 8.91. The first-order valence-electron chi connectivity index (χ1n) is 6.61. The third-order valence-electron chi connectivity index (χ3n) is 3.73. The number of nitrogens with zero attached hydrogens (tertiary/aromatic N) is 1. The Morgan fingerprint density at radius 1 is 1.53 bits per heavy atom. The summed E-state index contributed by atoms with van der Waals surface area (Å²) in [5.41, 5.74) is 0.976. The molecule has 0 spiro atoms. The Morgan fingerprint density at radius 3 is 2.68 bits per heavy atom. The maximum absolute atomic E-state index is 11.8. The molecule has 1 aliphatic carbocycles. The third-order valence-corrected chi connectivity index (χ3v) is 3.73. The van der Waals surface area contributed by atoms with Gasteiger partial charge in [-0.15, -0.1) is 0 Å². The molecule has 2 amide bonds. The average Bonchev–Trinajstić information content (AvgIpc) is 2.64. The molecule has 1 unspecified atom stereocenters. The van der Waals surface area contributed by atoms with E-state index in [1.165, 1.54) is 0 Å². The number of urea groups is 1. The fraction of sp³-hybridized carbons (Fsp3) is 0.692. The second-order valence-corrected chi connectivity index (χ2v) is 5.36. The topological polar surface area (TPSA) is 87.4 Å². The van der Waals surface area contributed by atoms with Gasteiger partial charge in [-0.05, 0) is 40.0 Å². The van der Waals surface area contributed by atoms with Crippen molar-refractivity contribution in [2.45, 2.75) is 51.7 Å². The summed E-state index contributed by atoms with van der Waals surface area (Å²) in [6, 6.07) is -0.463. The highest BCUT2D eigenvalue weighted by Gasteiger charge is 2.34. The van der Waals surface area contributed by atoms with Crippen LogP contribution in [0, 0.1) is 13.8 Å². The van der Waals surface area contributed by atoms with Gasteiger partial charge in [0.1, 0.15) is 5.76 Å². The van der Waals surface area contributed by atoms with E-state index in [0.29, 0.717) is 12.3 Å². The summed E-state index contributed by atoms with van der Waals surface area (Å²) in [6.07, 6.45) is 2.54. The second-order valence-electron chi connectivity index (χ2n) is 5.36. The van der Waals surface area contributed by atoms with Crippen LogP contribution < -0.4 is 10.6 Å². The van der Waals surface area contributed by atoms with Gasteiger partial charge in [0.05, 0.1) is 17.3 Å². The molecule has 0 aromatic carbocycles. The lowest BCUT2D eigenvalue weighted by Crippen LogP contribution is -2.50. The predicted octanol–water partition coefficient (Wildman–Crippen LogP) is 1.57. The highest BCUT2D eigenvalue weighted by Crippen LogP contribution is 2.30. The standard InChI is InChI=1S/C13H21N3O3/c1-8(11-9(2)16-19-10(11)3)15-12(17)14-7-13(18)5-4-6-13/h8,18H,4-7H2,1-3H3,(H2,14,15,17). The van der Waals surface area contributed by atoms with Gasteiger partial charge in [0.25, 0.3) is 0 Å². The Balaban J connectivity index is 1.85. The van der Waals surface area contributed by atoms with E-state index in [9.17, 15) is 9.90 Å². The number of carbonyl (C=O) groups is 1. The Kier molecular flexibility index (Phi) is 3.80. The van der Waals surface area contributed by atoms with Gasteiger partial charge in [-0.2, -0.15) is 0 Å². The lowest BCUT2D eigenvalue weighted by atomic mass is 9.80. The zero-order valence-electron chi connectivity index (χ0n) is 11.6. The van der Waals surface area contributed by atoms with Crippen molar-refractivity contribution in [2.75, 3.05) is 6.54 Å². The molecule has 0 aliphatic heterocycles. The quantitative estimate of drug-likeness (QED) is 0.772. The smallest absolute Gasteiger partial charge is 0.315 e. The summed E-state index contributed by atoms with van der Waals surface area (Å²) in [7, 11) is 0. The van der Waals surface area contributed by atoms with E-state index in [-0.39, 0.29) is 12.1 Å². The maximum atomic E-state index is 11.8. The molecular weight excluding hydrogens is 246 g/mol. The molecule has 19 heavy (non-hydrogen) atoms. The van der Waals surface area contributed by atoms with Crippen molar-refractivity contribution in [3.63, 3.8) is 0 Å². The van der Waals surface area contributed by atoms with Crippen molar-refractivity contribution in [1.82, 2.24) is 15.8 Å².